The first-order valence-corrected chi connectivity index (χ1v) is 4.89. The quantitative estimate of drug-likeness (QED) is 0.657. The zero-order valence-corrected chi connectivity index (χ0v) is 7.73. The molecule has 0 N–H and O–H groups in total. The van der Waals surface area contributed by atoms with Crippen LogP contribution in [0.4, 0.5) is 0 Å². The molecule has 0 unspecified atom stereocenters. The fraction of sp³-hybridized carbons (Fsp3) is 0.625. The maximum Gasteiger partial charge on any atom is 0.173 e. The van der Waals surface area contributed by atoms with Crippen molar-refractivity contribution in [2.24, 2.45) is 0 Å². The van der Waals surface area contributed by atoms with E-state index in [9.17, 15) is 4.79 Å². The Morgan fingerprint density at radius 3 is 2.83 bits per heavy atom. The molecule has 0 atom stereocenters. The number of carbonyl (C=O) groups is 1. The van der Waals surface area contributed by atoms with Gasteiger partial charge in [0.25, 0.3) is 0 Å². The van der Waals surface area contributed by atoms with E-state index in [1.54, 1.807) is 6.92 Å². The first-order valence-electron chi connectivity index (χ1n) is 4.12. The zero-order valence-electron chi connectivity index (χ0n) is 6.91. The van der Waals surface area contributed by atoms with Crippen LogP contribution in [0.25, 0.3) is 0 Å². The van der Waals surface area contributed by atoms with Crippen molar-refractivity contribution in [2.45, 2.75) is 32.1 Å². The SMILES string of the molecule is CC(=O)c1snnc1C1CCC1. The van der Waals surface area contributed by atoms with E-state index in [0.29, 0.717) is 5.92 Å². The van der Waals surface area contributed by atoms with Crippen LogP contribution in [0.2, 0.25) is 0 Å². The third-order valence-corrected chi connectivity index (χ3v) is 3.17. The van der Waals surface area contributed by atoms with Gasteiger partial charge in [0.05, 0.1) is 5.69 Å². The zero-order chi connectivity index (χ0) is 8.55. The second-order valence-electron chi connectivity index (χ2n) is 3.17. The number of hydrogen-bond acceptors (Lipinski definition) is 4. The normalized spacial score (nSPS) is 17.4. The molecule has 1 fully saturated rings. The summed E-state index contributed by atoms with van der Waals surface area (Å²) in [6, 6.07) is 0. The maximum absolute atomic E-state index is 11.1. The van der Waals surface area contributed by atoms with Crippen molar-refractivity contribution < 1.29 is 4.79 Å². The largest absolute Gasteiger partial charge is 0.293 e. The van der Waals surface area contributed by atoms with Crippen LogP contribution in [0.3, 0.4) is 0 Å². The number of aromatic nitrogens is 2. The van der Waals surface area contributed by atoms with Gasteiger partial charge in [-0.3, -0.25) is 4.79 Å². The summed E-state index contributed by atoms with van der Waals surface area (Å²) in [4.78, 5) is 11.9. The summed E-state index contributed by atoms with van der Waals surface area (Å²) < 4.78 is 3.82. The summed E-state index contributed by atoms with van der Waals surface area (Å²) in [6.45, 7) is 1.58. The Hall–Kier alpha value is -0.770. The van der Waals surface area contributed by atoms with Gasteiger partial charge in [0.1, 0.15) is 4.88 Å². The summed E-state index contributed by atoms with van der Waals surface area (Å²) in [6.07, 6.45) is 3.61. The summed E-state index contributed by atoms with van der Waals surface area (Å²) in [7, 11) is 0. The Morgan fingerprint density at radius 1 is 1.58 bits per heavy atom. The van der Waals surface area contributed by atoms with Crippen molar-refractivity contribution in [3.05, 3.63) is 10.6 Å². The molecule has 4 heteroatoms. The van der Waals surface area contributed by atoms with Crippen LogP contribution >= 0.6 is 11.5 Å². The number of ketones is 1. The van der Waals surface area contributed by atoms with Crippen molar-refractivity contribution in [1.29, 1.82) is 0 Å². The summed E-state index contributed by atoms with van der Waals surface area (Å²) in [5, 5.41) is 4.01. The van der Waals surface area contributed by atoms with Gasteiger partial charge in [0.2, 0.25) is 0 Å². The van der Waals surface area contributed by atoms with Crippen molar-refractivity contribution in [1.82, 2.24) is 9.59 Å². The molecule has 0 bridgehead atoms. The van der Waals surface area contributed by atoms with Crippen LogP contribution in [0, 0.1) is 0 Å². The van der Waals surface area contributed by atoms with E-state index in [1.165, 1.54) is 30.8 Å². The number of rotatable bonds is 2. The van der Waals surface area contributed by atoms with Gasteiger partial charge in [-0.2, -0.15) is 0 Å². The van der Waals surface area contributed by atoms with Gasteiger partial charge in [-0.25, -0.2) is 0 Å². The molecule has 3 nitrogen and oxygen atoms in total. The third-order valence-electron chi connectivity index (χ3n) is 2.32. The van der Waals surface area contributed by atoms with Crippen molar-refractivity contribution >= 4 is 17.3 Å². The number of carbonyl (C=O) groups excluding carboxylic acids is 1. The van der Waals surface area contributed by atoms with Crippen LogP contribution < -0.4 is 0 Å². The summed E-state index contributed by atoms with van der Waals surface area (Å²) in [5.41, 5.74) is 0.943. The second kappa shape index (κ2) is 2.94. The molecule has 2 rings (SSSR count). The second-order valence-corrected chi connectivity index (χ2v) is 3.93. The van der Waals surface area contributed by atoms with E-state index in [4.69, 9.17) is 0 Å². The lowest BCUT2D eigenvalue weighted by atomic mass is 9.82. The molecule has 0 saturated heterocycles. The Kier molecular flexibility index (Phi) is 1.92. The van der Waals surface area contributed by atoms with Gasteiger partial charge in [-0.15, -0.1) is 5.10 Å². The molecule has 1 aromatic rings. The first kappa shape index (κ1) is 7.86. The predicted molar refractivity (Wildman–Crippen MR) is 46.5 cm³/mol. The standard InChI is InChI=1S/C8H10N2OS/c1-5(11)8-7(9-10-12-8)6-3-2-4-6/h6H,2-4H2,1H3. The van der Waals surface area contributed by atoms with Crippen LogP contribution in [0.1, 0.15) is 47.5 Å². The summed E-state index contributed by atoms with van der Waals surface area (Å²) in [5.74, 6) is 0.620. The van der Waals surface area contributed by atoms with Crippen LogP contribution in [0.15, 0.2) is 0 Å². The monoisotopic (exact) mass is 182 g/mol. The first-order chi connectivity index (χ1) is 5.79. The van der Waals surface area contributed by atoms with Crippen LogP contribution in [0.5, 0.6) is 0 Å². The molecule has 1 aliphatic rings. The molecule has 1 aliphatic carbocycles. The highest BCUT2D eigenvalue weighted by atomic mass is 32.1. The smallest absolute Gasteiger partial charge is 0.173 e. The average molecular weight is 182 g/mol. The highest BCUT2D eigenvalue weighted by Gasteiger charge is 2.26. The maximum atomic E-state index is 11.1. The number of nitrogens with zero attached hydrogens (tertiary/aromatic N) is 2. The molecule has 0 radical (unpaired) electrons. The van der Waals surface area contributed by atoms with E-state index in [1.807, 2.05) is 0 Å². The Labute approximate surface area is 75.0 Å². The van der Waals surface area contributed by atoms with Gasteiger partial charge in [0, 0.05) is 12.8 Å². The van der Waals surface area contributed by atoms with Gasteiger partial charge in [0.15, 0.2) is 5.78 Å². The fourth-order valence-corrected chi connectivity index (χ4v) is 2.03. The van der Waals surface area contributed by atoms with Crippen molar-refractivity contribution in [3.63, 3.8) is 0 Å². The third kappa shape index (κ3) is 1.16. The summed E-state index contributed by atoms with van der Waals surface area (Å²) >= 11 is 1.22. The minimum absolute atomic E-state index is 0.104. The molecule has 0 aromatic carbocycles. The lowest BCUT2D eigenvalue weighted by Crippen LogP contribution is -2.12. The minimum atomic E-state index is 0.104. The molecule has 0 aliphatic heterocycles. The molecule has 12 heavy (non-hydrogen) atoms. The highest BCUT2D eigenvalue weighted by molar-refractivity contribution is 7.08. The lowest BCUT2D eigenvalue weighted by molar-refractivity contribution is 0.101. The van der Waals surface area contributed by atoms with E-state index < -0.39 is 0 Å². The molecule has 1 aromatic heterocycles. The topological polar surface area (TPSA) is 42.9 Å². The molecular formula is C8H10N2OS. The van der Waals surface area contributed by atoms with Gasteiger partial charge < -0.3 is 0 Å². The Morgan fingerprint density at radius 2 is 2.33 bits per heavy atom. The lowest BCUT2D eigenvalue weighted by Gasteiger charge is -2.23. The molecular weight excluding hydrogens is 172 g/mol. The number of hydrogen-bond donors (Lipinski definition) is 0. The van der Waals surface area contributed by atoms with E-state index in [0.717, 1.165) is 10.6 Å². The predicted octanol–water partition coefficient (Wildman–Crippen LogP) is 2.01. The van der Waals surface area contributed by atoms with Gasteiger partial charge in [-0.05, 0) is 24.4 Å². The minimum Gasteiger partial charge on any atom is -0.293 e. The molecule has 64 valence electrons. The molecule has 1 saturated carbocycles. The van der Waals surface area contributed by atoms with Crippen LogP contribution in [-0.2, 0) is 0 Å². The van der Waals surface area contributed by atoms with E-state index in [-0.39, 0.29) is 5.78 Å². The van der Waals surface area contributed by atoms with E-state index in [2.05, 4.69) is 9.59 Å². The Bertz CT molecular complexity index is 304. The fourth-order valence-electron chi connectivity index (χ4n) is 1.39. The molecule has 1 heterocycles. The molecule has 0 spiro atoms. The van der Waals surface area contributed by atoms with Gasteiger partial charge in [-0.1, -0.05) is 10.9 Å². The van der Waals surface area contributed by atoms with E-state index >= 15 is 0 Å². The van der Waals surface area contributed by atoms with Crippen molar-refractivity contribution in [2.75, 3.05) is 0 Å². The Balaban J connectivity index is 2.29. The van der Waals surface area contributed by atoms with Crippen LogP contribution in [-0.4, -0.2) is 15.4 Å². The highest BCUT2D eigenvalue weighted by Crippen LogP contribution is 2.37. The van der Waals surface area contributed by atoms with Gasteiger partial charge >= 0.3 is 0 Å². The number of Topliss-reactive ketones (excluding diaryl/α,β-unsaturated/α-hetero) is 1. The van der Waals surface area contributed by atoms with Crippen molar-refractivity contribution in [3.8, 4) is 0 Å². The average Bonchev–Trinajstić information content (AvgIpc) is 2.31. The molecule has 0 amide bonds.